The summed E-state index contributed by atoms with van der Waals surface area (Å²) >= 11 is 1.54. The molecule has 0 saturated carbocycles. The van der Waals surface area contributed by atoms with Crippen LogP contribution in [0.25, 0.3) is 10.2 Å². The van der Waals surface area contributed by atoms with E-state index in [0.717, 1.165) is 40.4 Å². The third-order valence-electron chi connectivity index (χ3n) is 3.67. The van der Waals surface area contributed by atoms with Crippen molar-refractivity contribution in [2.24, 2.45) is 7.05 Å². The quantitative estimate of drug-likeness (QED) is 0.873. The lowest BCUT2D eigenvalue weighted by Gasteiger charge is -2.33. The molecule has 2 aromatic heterocycles. The molecule has 0 unspecified atom stereocenters. The van der Waals surface area contributed by atoms with E-state index >= 15 is 0 Å². The van der Waals surface area contributed by atoms with Crippen LogP contribution in [0.15, 0.2) is 6.07 Å². The van der Waals surface area contributed by atoms with Crippen molar-refractivity contribution in [3.63, 3.8) is 0 Å². The van der Waals surface area contributed by atoms with Crippen molar-refractivity contribution in [2.45, 2.75) is 19.9 Å². The Morgan fingerprint density at radius 2 is 2.30 bits per heavy atom. The van der Waals surface area contributed by atoms with Gasteiger partial charge in [0.15, 0.2) is 0 Å². The minimum atomic E-state index is 0. The Bertz CT molecular complexity index is 601. The summed E-state index contributed by atoms with van der Waals surface area (Å²) < 4.78 is 1.85. The molecule has 1 amide bonds. The molecule has 1 saturated heterocycles. The van der Waals surface area contributed by atoms with Crippen molar-refractivity contribution in [3.05, 3.63) is 16.6 Å². The molecule has 0 bridgehead atoms. The SMILES string of the molecule is Cc1nn(C)c2sc(C(=O)N3CCNC[C@H]3C)cc12.Cl. The largest absolute Gasteiger partial charge is 0.333 e. The number of piperazine rings is 1. The molecular weight excluding hydrogens is 296 g/mol. The molecule has 0 radical (unpaired) electrons. The number of nitrogens with zero attached hydrogens (tertiary/aromatic N) is 3. The second-order valence-corrected chi connectivity index (χ2v) is 6.12. The zero-order chi connectivity index (χ0) is 13.6. The van der Waals surface area contributed by atoms with E-state index in [-0.39, 0.29) is 24.4 Å². The zero-order valence-electron chi connectivity index (χ0n) is 11.8. The highest BCUT2D eigenvalue weighted by molar-refractivity contribution is 7.20. The molecule has 1 aliphatic heterocycles. The fourth-order valence-corrected chi connectivity index (χ4v) is 3.67. The van der Waals surface area contributed by atoms with E-state index < -0.39 is 0 Å². The van der Waals surface area contributed by atoms with Crippen molar-refractivity contribution < 1.29 is 4.79 Å². The third-order valence-corrected chi connectivity index (χ3v) is 4.86. The van der Waals surface area contributed by atoms with Gasteiger partial charge in [0.25, 0.3) is 5.91 Å². The number of carbonyl (C=O) groups is 1. The van der Waals surface area contributed by atoms with Crippen LogP contribution >= 0.6 is 23.7 Å². The molecule has 1 fully saturated rings. The van der Waals surface area contributed by atoms with Gasteiger partial charge in [-0.1, -0.05) is 0 Å². The van der Waals surface area contributed by atoms with Gasteiger partial charge in [0.2, 0.25) is 0 Å². The first-order valence-corrected chi connectivity index (χ1v) is 7.34. The van der Waals surface area contributed by atoms with Gasteiger partial charge in [-0.3, -0.25) is 9.48 Å². The lowest BCUT2D eigenvalue weighted by molar-refractivity contribution is 0.0661. The predicted molar refractivity (Wildman–Crippen MR) is 83.9 cm³/mol. The van der Waals surface area contributed by atoms with E-state index in [4.69, 9.17) is 0 Å². The molecule has 5 nitrogen and oxygen atoms in total. The van der Waals surface area contributed by atoms with Gasteiger partial charge in [-0.25, -0.2) is 0 Å². The summed E-state index contributed by atoms with van der Waals surface area (Å²) in [7, 11) is 1.92. The summed E-state index contributed by atoms with van der Waals surface area (Å²) in [6, 6.07) is 2.24. The molecule has 20 heavy (non-hydrogen) atoms. The highest BCUT2D eigenvalue weighted by atomic mass is 35.5. The summed E-state index contributed by atoms with van der Waals surface area (Å²) in [4.78, 5) is 16.4. The van der Waals surface area contributed by atoms with E-state index in [2.05, 4.69) is 17.3 Å². The zero-order valence-corrected chi connectivity index (χ0v) is 13.5. The number of amides is 1. The van der Waals surface area contributed by atoms with Crippen LogP contribution in [0.4, 0.5) is 0 Å². The van der Waals surface area contributed by atoms with Crippen LogP contribution in [0, 0.1) is 6.92 Å². The molecule has 1 aliphatic rings. The molecule has 110 valence electrons. The van der Waals surface area contributed by atoms with Gasteiger partial charge in [0, 0.05) is 38.1 Å². The molecule has 0 spiro atoms. The highest BCUT2D eigenvalue weighted by Crippen LogP contribution is 2.29. The van der Waals surface area contributed by atoms with Gasteiger partial charge >= 0.3 is 0 Å². The van der Waals surface area contributed by atoms with E-state index in [1.165, 1.54) is 11.3 Å². The molecule has 1 N–H and O–H groups in total. The van der Waals surface area contributed by atoms with Crippen LogP contribution in [0.3, 0.4) is 0 Å². The maximum atomic E-state index is 12.6. The number of aryl methyl sites for hydroxylation is 2. The Balaban J connectivity index is 0.00000147. The minimum Gasteiger partial charge on any atom is -0.333 e. The lowest BCUT2D eigenvalue weighted by atomic mass is 10.2. The van der Waals surface area contributed by atoms with Crippen molar-refractivity contribution >= 4 is 39.9 Å². The van der Waals surface area contributed by atoms with Gasteiger partial charge in [0.05, 0.1) is 10.6 Å². The van der Waals surface area contributed by atoms with Gasteiger partial charge in [-0.05, 0) is 19.9 Å². The molecule has 1 atom stereocenters. The Hall–Kier alpha value is -1.11. The van der Waals surface area contributed by atoms with Crippen molar-refractivity contribution in [2.75, 3.05) is 19.6 Å². The fraction of sp³-hybridized carbons (Fsp3) is 0.538. The molecule has 3 heterocycles. The monoisotopic (exact) mass is 314 g/mol. The topological polar surface area (TPSA) is 50.2 Å². The van der Waals surface area contributed by atoms with E-state index in [1.807, 2.05) is 29.6 Å². The number of nitrogens with one attached hydrogen (secondary N) is 1. The van der Waals surface area contributed by atoms with Crippen LogP contribution in [0.5, 0.6) is 0 Å². The highest BCUT2D eigenvalue weighted by Gasteiger charge is 2.26. The van der Waals surface area contributed by atoms with Gasteiger partial charge < -0.3 is 10.2 Å². The van der Waals surface area contributed by atoms with E-state index in [1.54, 1.807) is 0 Å². The number of thiophene rings is 1. The van der Waals surface area contributed by atoms with Crippen molar-refractivity contribution in [1.82, 2.24) is 20.0 Å². The van der Waals surface area contributed by atoms with Crippen LogP contribution in [-0.4, -0.2) is 46.3 Å². The standard InChI is InChI=1S/C13H18N4OS.ClH/c1-8-7-14-4-5-17(8)12(18)11-6-10-9(2)15-16(3)13(10)19-11;/h6,8,14H,4-5,7H2,1-3H3;1H/t8-;/m1./s1. The molecular formula is C13H19ClN4OS. The number of halogens is 1. The normalized spacial score (nSPS) is 19.1. The smallest absolute Gasteiger partial charge is 0.264 e. The second kappa shape index (κ2) is 5.71. The molecule has 7 heteroatoms. The Morgan fingerprint density at radius 3 is 2.95 bits per heavy atom. The number of rotatable bonds is 1. The van der Waals surface area contributed by atoms with Crippen molar-refractivity contribution in [1.29, 1.82) is 0 Å². The minimum absolute atomic E-state index is 0. The first kappa shape index (κ1) is 15.3. The molecule has 2 aromatic rings. The summed E-state index contributed by atoms with van der Waals surface area (Å²) in [5.74, 6) is 0.148. The third kappa shape index (κ3) is 2.43. The van der Waals surface area contributed by atoms with Crippen LogP contribution in [0.2, 0.25) is 0 Å². The number of carbonyl (C=O) groups excluding carboxylic acids is 1. The van der Waals surface area contributed by atoms with Gasteiger partial charge in [0.1, 0.15) is 4.83 Å². The summed E-state index contributed by atoms with van der Waals surface area (Å²) in [6.45, 7) is 6.60. The van der Waals surface area contributed by atoms with Gasteiger partial charge in [-0.15, -0.1) is 23.7 Å². The van der Waals surface area contributed by atoms with Crippen LogP contribution in [-0.2, 0) is 7.05 Å². The second-order valence-electron chi connectivity index (χ2n) is 5.09. The Morgan fingerprint density at radius 1 is 1.55 bits per heavy atom. The first-order valence-electron chi connectivity index (χ1n) is 6.52. The number of hydrogen-bond donors (Lipinski definition) is 1. The van der Waals surface area contributed by atoms with E-state index in [0.29, 0.717) is 0 Å². The van der Waals surface area contributed by atoms with Crippen LogP contribution < -0.4 is 5.32 Å². The van der Waals surface area contributed by atoms with E-state index in [9.17, 15) is 4.79 Å². The lowest BCUT2D eigenvalue weighted by Crippen LogP contribution is -2.52. The Labute approximate surface area is 128 Å². The predicted octanol–water partition coefficient (Wildman–Crippen LogP) is 1.80. The van der Waals surface area contributed by atoms with Crippen molar-refractivity contribution in [3.8, 4) is 0 Å². The first-order chi connectivity index (χ1) is 9.08. The summed E-state index contributed by atoms with van der Waals surface area (Å²) in [6.07, 6.45) is 0. The maximum Gasteiger partial charge on any atom is 0.264 e. The summed E-state index contributed by atoms with van der Waals surface area (Å²) in [5.41, 5.74) is 0.987. The fourth-order valence-electron chi connectivity index (χ4n) is 2.59. The summed E-state index contributed by atoms with van der Waals surface area (Å²) in [5, 5.41) is 8.77. The number of aromatic nitrogens is 2. The maximum absolute atomic E-state index is 12.6. The number of hydrogen-bond acceptors (Lipinski definition) is 4. The average molecular weight is 315 g/mol. The molecule has 3 rings (SSSR count). The molecule has 0 aromatic carbocycles. The Kier molecular flexibility index (Phi) is 4.36. The average Bonchev–Trinajstić information content (AvgIpc) is 2.92. The van der Waals surface area contributed by atoms with Gasteiger partial charge in [-0.2, -0.15) is 5.10 Å². The molecule has 0 aliphatic carbocycles. The number of fused-ring (bicyclic) bond motifs is 1. The van der Waals surface area contributed by atoms with Crippen LogP contribution in [0.1, 0.15) is 22.3 Å².